The summed E-state index contributed by atoms with van der Waals surface area (Å²) in [5.74, 6) is -0.881. The van der Waals surface area contributed by atoms with E-state index in [1.807, 2.05) is 0 Å². The molecule has 27 heavy (non-hydrogen) atoms. The zero-order chi connectivity index (χ0) is 19.6. The first-order chi connectivity index (χ1) is 12.8. The molecule has 3 rings (SSSR count). The molecule has 0 fully saturated rings. The quantitative estimate of drug-likeness (QED) is 0.703. The maximum atomic E-state index is 13.2. The van der Waals surface area contributed by atoms with E-state index >= 15 is 0 Å². The largest absolute Gasteiger partial charge is 0.322 e. The summed E-state index contributed by atoms with van der Waals surface area (Å²) in [7, 11) is -2.14. The highest BCUT2D eigenvalue weighted by atomic mass is 32.2. The summed E-state index contributed by atoms with van der Waals surface area (Å²) < 4.78 is 41.9. The predicted molar refractivity (Wildman–Crippen MR) is 99.5 cm³/mol. The number of nitrogens with zero attached hydrogens (tertiary/aromatic N) is 2. The number of aryl methyl sites for hydroxylation is 1. The molecule has 0 unspecified atom stereocenters. The van der Waals surface area contributed by atoms with E-state index in [1.54, 1.807) is 18.7 Å². The highest BCUT2D eigenvalue weighted by Crippen LogP contribution is 2.19. The molecule has 0 bridgehead atoms. The fourth-order valence-electron chi connectivity index (χ4n) is 2.40. The molecular weight excluding hydrogens is 371 g/mol. The van der Waals surface area contributed by atoms with Gasteiger partial charge in [0, 0.05) is 18.4 Å². The summed E-state index contributed by atoms with van der Waals surface area (Å²) in [6.45, 7) is 1.77. The Balaban J connectivity index is 1.74. The van der Waals surface area contributed by atoms with Crippen molar-refractivity contribution in [1.29, 1.82) is 0 Å². The lowest BCUT2D eigenvalue weighted by molar-refractivity contribution is 0.102. The molecule has 0 aliphatic rings. The van der Waals surface area contributed by atoms with E-state index < -0.39 is 15.8 Å². The third-order valence-corrected chi connectivity index (χ3v) is 5.38. The van der Waals surface area contributed by atoms with Crippen LogP contribution in [0.15, 0.2) is 59.6 Å². The molecule has 9 heteroatoms. The van der Waals surface area contributed by atoms with Crippen LogP contribution in [0.1, 0.15) is 16.1 Å². The molecule has 1 heterocycles. The summed E-state index contributed by atoms with van der Waals surface area (Å²) in [5.41, 5.74) is 1.71. The number of benzene rings is 2. The van der Waals surface area contributed by atoms with Gasteiger partial charge in [-0.05, 0) is 49.4 Å². The second-order valence-corrected chi connectivity index (χ2v) is 7.54. The maximum Gasteiger partial charge on any atom is 0.261 e. The van der Waals surface area contributed by atoms with Crippen LogP contribution >= 0.6 is 0 Å². The van der Waals surface area contributed by atoms with Crippen LogP contribution in [-0.2, 0) is 17.1 Å². The standard InChI is InChI=1S/C18H17FN4O3S/c1-12-17(11-20-23(12)2)18(24)21-14-6-8-16(9-7-14)27(25,26)22-15-5-3-4-13(19)10-15/h3-11,22H,1-2H3,(H,21,24). The van der Waals surface area contributed by atoms with Gasteiger partial charge >= 0.3 is 0 Å². The molecule has 0 saturated carbocycles. The fourth-order valence-corrected chi connectivity index (χ4v) is 3.45. The molecule has 1 aromatic heterocycles. The summed E-state index contributed by atoms with van der Waals surface area (Å²) in [6.07, 6.45) is 1.46. The van der Waals surface area contributed by atoms with Crippen molar-refractivity contribution in [3.8, 4) is 0 Å². The number of anilines is 2. The van der Waals surface area contributed by atoms with Crippen LogP contribution in [0.5, 0.6) is 0 Å². The van der Waals surface area contributed by atoms with E-state index in [0.29, 0.717) is 16.9 Å². The van der Waals surface area contributed by atoms with Gasteiger partial charge in [-0.15, -0.1) is 0 Å². The Morgan fingerprint density at radius 3 is 2.41 bits per heavy atom. The number of aromatic nitrogens is 2. The Hall–Kier alpha value is -3.20. The summed E-state index contributed by atoms with van der Waals surface area (Å²) >= 11 is 0. The number of halogens is 1. The molecule has 140 valence electrons. The van der Waals surface area contributed by atoms with Crippen LogP contribution in [0.2, 0.25) is 0 Å². The van der Waals surface area contributed by atoms with Crippen LogP contribution in [0.4, 0.5) is 15.8 Å². The minimum absolute atomic E-state index is 0.0117. The molecule has 3 aromatic rings. The Kier molecular flexibility index (Phi) is 4.95. The lowest BCUT2D eigenvalue weighted by Crippen LogP contribution is -2.14. The van der Waals surface area contributed by atoms with Gasteiger partial charge in [0.15, 0.2) is 0 Å². The van der Waals surface area contributed by atoms with Crippen LogP contribution in [-0.4, -0.2) is 24.1 Å². The molecule has 0 radical (unpaired) electrons. The molecule has 7 nitrogen and oxygen atoms in total. The van der Waals surface area contributed by atoms with Gasteiger partial charge in [0.05, 0.1) is 22.3 Å². The van der Waals surface area contributed by atoms with Crippen LogP contribution < -0.4 is 10.0 Å². The second kappa shape index (κ2) is 7.20. The van der Waals surface area contributed by atoms with Gasteiger partial charge in [-0.3, -0.25) is 14.2 Å². The van der Waals surface area contributed by atoms with Crippen LogP contribution in [0, 0.1) is 12.7 Å². The van der Waals surface area contributed by atoms with Gasteiger partial charge in [0.1, 0.15) is 5.82 Å². The van der Waals surface area contributed by atoms with E-state index in [0.717, 1.165) is 6.07 Å². The number of rotatable bonds is 5. The first-order valence-electron chi connectivity index (χ1n) is 7.95. The number of sulfonamides is 1. The minimum Gasteiger partial charge on any atom is -0.322 e. The molecule has 0 aliphatic carbocycles. The van der Waals surface area contributed by atoms with E-state index in [1.165, 1.54) is 48.7 Å². The van der Waals surface area contributed by atoms with Gasteiger partial charge < -0.3 is 5.32 Å². The Morgan fingerprint density at radius 2 is 1.81 bits per heavy atom. The monoisotopic (exact) mass is 388 g/mol. The third-order valence-electron chi connectivity index (χ3n) is 3.98. The number of hydrogen-bond acceptors (Lipinski definition) is 4. The lowest BCUT2D eigenvalue weighted by atomic mass is 10.2. The van der Waals surface area contributed by atoms with Gasteiger partial charge in [-0.25, -0.2) is 12.8 Å². The third kappa shape index (κ3) is 4.14. The number of nitrogens with one attached hydrogen (secondary N) is 2. The SMILES string of the molecule is Cc1c(C(=O)Nc2ccc(S(=O)(=O)Nc3cccc(F)c3)cc2)cnn1C. The first kappa shape index (κ1) is 18.6. The van der Waals surface area contributed by atoms with E-state index in [-0.39, 0.29) is 16.5 Å². The Morgan fingerprint density at radius 1 is 1.11 bits per heavy atom. The van der Waals surface area contributed by atoms with Crippen molar-refractivity contribution in [3.63, 3.8) is 0 Å². The fraction of sp³-hybridized carbons (Fsp3) is 0.111. The minimum atomic E-state index is -3.87. The van der Waals surface area contributed by atoms with Gasteiger partial charge in [0.25, 0.3) is 15.9 Å². The number of amides is 1. The molecule has 0 aliphatic heterocycles. The average Bonchev–Trinajstić information content (AvgIpc) is 2.94. The molecule has 0 atom stereocenters. The van der Waals surface area contributed by atoms with Crippen molar-refractivity contribution in [2.24, 2.45) is 7.05 Å². The highest BCUT2D eigenvalue weighted by Gasteiger charge is 2.16. The first-order valence-corrected chi connectivity index (χ1v) is 9.43. The Labute approximate surface area is 155 Å². The van der Waals surface area contributed by atoms with Crippen molar-refractivity contribution in [2.75, 3.05) is 10.0 Å². The lowest BCUT2D eigenvalue weighted by Gasteiger charge is -2.09. The highest BCUT2D eigenvalue weighted by molar-refractivity contribution is 7.92. The number of hydrogen-bond donors (Lipinski definition) is 2. The molecular formula is C18H17FN4O3S. The normalized spacial score (nSPS) is 11.2. The van der Waals surface area contributed by atoms with Crippen LogP contribution in [0.3, 0.4) is 0 Å². The van der Waals surface area contributed by atoms with E-state index in [2.05, 4.69) is 15.1 Å². The Bertz CT molecular complexity index is 1090. The molecule has 0 spiro atoms. The predicted octanol–water partition coefficient (Wildman–Crippen LogP) is 2.92. The van der Waals surface area contributed by atoms with E-state index in [9.17, 15) is 17.6 Å². The van der Waals surface area contributed by atoms with Crippen molar-refractivity contribution in [1.82, 2.24) is 9.78 Å². The number of carbonyl (C=O) groups is 1. The average molecular weight is 388 g/mol. The zero-order valence-corrected chi connectivity index (χ0v) is 15.4. The van der Waals surface area contributed by atoms with Gasteiger partial charge in [-0.2, -0.15) is 5.10 Å². The molecule has 1 amide bonds. The van der Waals surface area contributed by atoms with E-state index in [4.69, 9.17) is 0 Å². The maximum absolute atomic E-state index is 13.2. The molecule has 2 N–H and O–H groups in total. The summed E-state index contributed by atoms with van der Waals surface area (Å²) in [5, 5.41) is 6.70. The van der Waals surface area contributed by atoms with Gasteiger partial charge in [-0.1, -0.05) is 6.07 Å². The zero-order valence-electron chi connectivity index (χ0n) is 14.6. The van der Waals surface area contributed by atoms with Crippen molar-refractivity contribution in [2.45, 2.75) is 11.8 Å². The summed E-state index contributed by atoms with van der Waals surface area (Å²) in [4.78, 5) is 12.3. The van der Waals surface area contributed by atoms with Crippen molar-refractivity contribution >= 4 is 27.3 Å². The van der Waals surface area contributed by atoms with Crippen molar-refractivity contribution in [3.05, 3.63) is 71.8 Å². The second-order valence-electron chi connectivity index (χ2n) is 5.86. The van der Waals surface area contributed by atoms with Crippen molar-refractivity contribution < 1.29 is 17.6 Å². The molecule has 2 aromatic carbocycles. The number of carbonyl (C=O) groups excluding carboxylic acids is 1. The molecule has 0 saturated heterocycles. The summed E-state index contributed by atoms with van der Waals surface area (Å²) in [6, 6.07) is 10.8. The van der Waals surface area contributed by atoms with Crippen LogP contribution in [0.25, 0.3) is 0 Å². The smallest absolute Gasteiger partial charge is 0.261 e. The van der Waals surface area contributed by atoms with Gasteiger partial charge in [0.2, 0.25) is 0 Å². The topological polar surface area (TPSA) is 93.1 Å².